The molecule has 0 aliphatic carbocycles. The highest BCUT2D eigenvalue weighted by atomic mass is 28.4. The van der Waals surface area contributed by atoms with Gasteiger partial charge < -0.3 is 14.4 Å². The third kappa shape index (κ3) is 9.60. The van der Waals surface area contributed by atoms with Gasteiger partial charge in [-0.05, 0) is 81.8 Å². The summed E-state index contributed by atoms with van der Waals surface area (Å²) in [6.45, 7) is 12.0. The van der Waals surface area contributed by atoms with Crippen molar-refractivity contribution in [2.24, 2.45) is 0 Å². The minimum atomic E-state index is -2.20. The molecule has 3 N–H and O–H groups in total. The summed E-state index contributed by atoms with van der Waals surface area (Å²) in [5.41, 5.74) is 1.28. The van der Waals surface area contributed by atoms with Crippen LogP contribution in [0, 0.1) is 0 Å². The molecule has 0 atom stereocenters. The maximum atomic E-state index is 10.2. The molecular weight excluding hydrogens is 553 g/mol. The molecule has 0 heterocycles. The molecule has 0 saturated heterocycles. The van der Waals surface area contributed by atoms with Gasteiger partial charge in [-0.15, -0.1) is 0 Å². The van der Waals surface area contributed by atoms with Crippen molar-refractivity contribution >= 4 is 56.9 Å². The molecule has 41 heavy (non-hydrogen) atoms. The summed E-state index contributed by atoms with van der Waals surface area (Å²) in [5, 5.41) is 7.05. The molecule has 216 valence electrons. The molecule has 6 heteroatoms. The van der Waals surface area contributed by atoms with Gasteiger partial charge in [0.05, 0.1) is 0 Å². The van der Waals surface area contributed by atoms with Gasteiger partial charge in [-0.25, -0.2) is 0 Å². The van der Waals surface area contributed by atoms with Crippen LogP contribution in [0.4, 0.5) is 0 Å². The highest BCUT2D eigenvalue weighted by Crippen LogP contribution is 2.17. The molecule has 5 rings (SSSR count). The average Bonchev–Trinajstić information content (AvgIpc) is 2.97. The minimum Gasteiger partial charge on any atom is -0.431 e. The first-order valence-electron chi connectivity index (χ1n) is 14.5. The Balaban J connectivity index is 0.000000169. The van der Waals surface area contributed by atoms with E-state index >= 15 is 0 Å². The summed E-state index contributed by atoms with van der Waals surface area (Å²) in [6, 6.07) is 41.9. The average molecular weight is 599 g/mol. The van der Waals surface area contributed by atoms with Crippen LogP contribution in [-0.4, -0.2) is 39.3 Å². The van der Waals surface area contributed by atoms with Crippen LogP contribution in [0.2, 0.25) is 38.3 Å². The number of fused-ring (bicyclic) bond motifs is 2. The maximum absolute atomic E-state index is 10.2. The largest absolute Gasteiger partial charge is 0.431 e. The minimum absolute atomic E-state index is 0.904. The molecule has 3 nitrogen and oxygen atoms in total. The number of rotatable bonds is 6. The van der Waals surface area contributed by atoms with Crippen molar-refractivity contribution in [1.29, 1.82) is 0 Å². The molecule has 0 aliphatic rings. The predicted molar refractivity (Wildman–Crippen MR) is 186 cm³/mol. The van der Waals surface area contributed by atoms with Crippen LogP contribution in [0.25, 0.3) is 21.5 Å². The van der Waals surface area contributed by atoms with Crippen molar-refractivity contribution in [3.05, 3.63) is 121 Å². The maximum Gasteiger partial charge on any atom is 0.214 e. The van der Waals surface area contributed by atoms with Crippen LogP contribution >= 0.6 is 0 Å². The zero-order chi connectivity index (χ0) is 30.1. The van der Waals surface area contributed by atoms with E-state index in [9.17, 15) is 14.4 Å². The van der Waals surface area contributed by atoms with Gasteiger partial charge >= 0.3 is 0 Å². The van der Waals surface area contributed by atoms with Gasteiger partial charge in [-0.3, -0.25) is 0 Å². The summed E-state index contributed by atoms with van der Waals surface area (Å²) in [7, 11) is -6.29. The lowest BCUT2D eigenvalue weighted by Gasteiger charge is -2.21. The quantitative estimate of drug-likeness (QED) is 0.181. The second kappa shape index (κ2) is 14.4. The molecule has 0 aliphatic heterocycles. The van der Waals surface area contributed by atoms with E-state index in [0.29, 0.717) is 0 Å². The van der Waals surface area contributed by atoms with E-state index in [1.165, 1.54) is 27.1 Å². The highest BCUT2D eigenvalue weighted by Gasteiger charge is 2.26. The van der Waals surface area contributed by atoms with Gasteiger partial charge in [0.1, 0.15) is 0 Å². The van der Waals surface area contributed by atoms with Gasteiger partial charge in [0.2, 0.25) is 16.6 Å². The Morgan fingerprint density at radius 2 is 1.05 bits per heavy atom. The second-order valence-electron chi connectivity index (χ2n) is 11.8. The van der Waals surface area contributed by atoms with E-state index in [1.807, 2.05) is 86.9 Å². The molecule has 0 fully saturated rings. The predicted octanol–water partition coefficient (Wildman–Crippen LogP) is 7.23. The monoisotopic (exact) mass is 598 g/mol. The first-order chi connectivity index (χ1) is 19.4. The summed E-state index contributed by atoms with van der Waals surface area (Å²) in [4.78, 5) is 30.3. The van der Waals surface area contributed by atoms with E-state index in [4.69, 9.17) is 0 Å². The van der Waals surface area contributed by atoms with Crippen LogP contribution in [0.3, 0.4) is 0 Å². The van der Waals surface area contributed by atoms with Crippen molar-refractivity contribution in [2.45, 2.75) is 58.2 Å². The van der Waals surface area contributed by atoms with Gasteiger partial charge in [0.15, 0.2) is 8.32 Å². The van der Waals surface area contributed by atoms with Crippen LogP contribution in [-0.2, 0) is 6.04 Å². The standard InChI is InChI=1S/2C12H14OSi.C11H18OSi/c1-14(2,13)12-9-5-7-10-6-3-4-8-11(10)12;1-14(2,13)12-8-7-10-5-3-4-6-11(10)9-12;1-3-13(12,4-2)10-11-8-6-5-7-9-11/h2*3-9,13H,1-2H3;5-9,12H,3-4,10H2,1-2H3. The van der Waals surface area contributed by atoms with Crippen LogP contribution in [0.15, 0.2) is 115 Å². The van der Waals surface area contributed by atoms with E-state index in [0.717, 1.165) is 28.5 Å². The Morgan fingerprint density at radius 1 is 0.512 bits per heavy atom. The zero-order valence-electron chi connectivity index (χ0n) is 25.4. The van der Waals surface area contributed by atoms with E-state index in [-0.39, 0.29) is 0 Å². The third-order valence-corrected chi connectivity index (χ3v) is 14.8. The van der Waals surface area contributed by atoms with E-state index in [1.54, 1.807) is 0 Å². The Bertz CT molecular complexity index is 1510. The molecule has 5 aromatic rings. The molecular formula is C35H46O3Si3. The Kier molecular flexibility index (Phi) is 11.4. The lowest BCUT2D eigenvalue weighted by Crippen LogP contribution is -2.41. The fourth-order valence-electron chi connectivity index (χ4n) is 4.80. The fraction of sp³-hybridized carbons (Fsp3) is 0.257. The first-order valence-corrected chi connectivity index (χ1v) is 23.0. The van der Waals surface area contributed by atoms with Crippen LogP contribution < -0.4 is 10.4 Å². The Morgan fingerprint density at radius 3 is 1.63 bits per heavy atom. The number of benzene rings is 5. The molecule has 0 amide bonds. The van der Waals surface area contributed by atoms with Crippen LogP contribution in [0.1, 0.15) is 19.4 Å². The van der Waals surface area contributed by atoms with Crippen molar-refractivity contribution in [3.8, 4) is 0 Å². The van der Waals surface area contributed by atoms with Gasteiger partial charge in [0.25, 0.3) is 0 Å². The fourth-order valence-corrected chi connectivity index (χ4v) is 9.19. The molecule has 0 radical (unpaired) electrons. The molecule has 0 aromatic heterocycles. The molecule has 0 spiro atoms. The van der Waals surface area contributed by atoms with Gasteiger partial charge in [0, 0.05) is 0 Å². The molecule has 5 aromatic carbocycles. The molecule has 0 unspecified atom stereocenters. The highest BCUT2D eigenvalue weighted by molar-refractivity contribution is 6.85. The van der Waals surface area contributed by atoms with Crippen molar-refractivity contribution in [1.82, 2.24) is 0 Å². The summed E-state index contributed by atoms with van der Waals surface area (Å²) in [6.07, 6.45) is 0. The van der Waals surface area contributed by atoms with E-state index < -0.39 is 25.0 Å². The van der Waals surface area contributed by atoms with E-state index in [2.05, 4.69) is 68.4 Å². The van der Waals surface area contributed by atoms with Gasteiger partial charge in [-0.1, -0.05) is 129 Å². The lowest BCUT2D eigenvalue weighted by atomic mass is 10.1. The topological polar surface area (TPSA) is 60.7 Å². The Hall–Kier alpha value is -2.85. The lowest BCUT2D eigenvalue weighted by molar-refractivity contribution is 0.528. The van der Waals surface area contributed by atoms with Crippen molar-refractivity contribution in [2.75, 3.05) is 0 Å². The van der Waals surface area contributed by atoms with Gasteiger partial charge in [-0.2, -0.15) is 0 Å². The van der Waals surface area contributed by atoms with Crippen molar-refractivity contribution in [3.63, 3.8) is 0 Å². The third-order valence-electron chi connectivity index (χ3n) is 7.60. The summed E-state index contributed by atoms with van der Waals surface area (Å²) < 4.78 is 0. The first kappa shape index (κ1) is 32.7. The van der Waals surface area contributed by atoms with Crippen molar-refractivity contribution < 1.29 is 14.4 Å². The van der Waals surface area contributed by atoms with Crippen LogP contribution in [0.5, 0.6) is 0 Å². The second-order valence-corrected chi connectivity index (χ2v) is 23.4. The normalized spacial score (nSPS) is 11.8. The molecule has 0 saturated carbocycles. The summed E-state index contributed by atoms with van der Waals surface area (Å²) in [5.74, 6) is 0. The SMILES string of the molecule is CC[Si](O)(CC)Cc1ccccc1.C[Si](C)(O)c1ccc2ccccc2c1.C[Si](C)(O)c1cccc2ccccc12. The number of hydrogen-bond acceptors (Lipinski definition) is 3. The molecule has 0 bridgehead atoms. The number of hydrogen-bond donors (Lipinski definition) is 3. The Labute approximate surface area is 249 Å². The summed E-state index contributed by atoms with van der Waals surface area (Å²) >= 11 is 0. The smallest absolute Gasteiger partial charge is 0.214 e. The zero-order valence-corrected chi connectivity index (χ0v) is 28.4.